The van der Waals surface area contributed by atoms with Gasteiger partial charge in [0.25, 0.3) is 5.91 Å². The first-order valence-corrected chi connectivity index (χ1v) is 8.56. The van der Waals surface area contributed by atoms with E-state index in [1.165, 1.54) is 4.90 Å². The molecule has 1 N–H and O–H groups in total. The Hall–Kier alpha value is -1.84. The van der Waals surface area contributed by atoms with Gasteiger partial charge in [-0.25, -0.2) is 4.79 Å². The van der Waals surface area contributed by atoms with Crippen molar-refractivity contribution in [3.05, 3.63) is 34.9 Å². The van der Waals surface area contributed by atoms with Gasteiger partial charge in [0.05, 0.1) is 6.54 Å². The fourth-order valence-corrected chi connectivity index (χ4v) is 4.24. The summed E-state index contributed by atoms with van der Waals surface area (Å²) >= 11 is 0. The highest BCUT2D eigenvalue weighted by Crippen LogP contribution is 2.42. The average molecular weight is 314 g/mol. The minimum Gasteiger partial charge on any atom is -0.323 e. The Morgan fingerprint density at radius 1 is 1.17 bits per heavy atom. The number of aryl methyl sites for hydroxylation is 2. The van der Waals surface area contributed by atoms with Gasteiger partial charge in [-0.15, -0.1) is 0 Å². The van der Waals surface area contributed by atoms with Gasteiger partial charge in [0, 0.05) is 0 Å². The zero-order chi connectivity index (χ0) is 16.8. The molecule has 0 radical (unpaired) electrons. The predicted octanol–water partition coefficient (Wildman–Crippen LogP) is 3.55. The smallest absolute Gasteiger partial charge is 0.323 e. The summed E-state index contributed by atoms with van der Waals surface area (Å²) in [7, 11) is 0. The van der Waals surface area contributed by atoms with Crippen molar-refractivity contribution in [1.82, 2.24) is 10.2 Å². The Morgan fingerprint density at radius 3 is 2.48 bits per heavy atom. The summed E-state index contributed by atoms with van der Waals surface area (Å²) < 4.78 is 0. The molecular formula is C19H26N2O2. The van der Waals surface area contributed by atoms with E-state index in [1.807, 2.05) is 19.9 Å². The average Bonchev–Trinajstić information content (AvgIpc) is 2.74. The van der Waals surface area contributed by atoms with Crippen molar-refractivity contribution >= 4 is 11.9 Å². The fourth-order valence-electron chi connectivity index (χ4n) is 4.24. The summed E-state index contributed by atoms with van der Waals surface area (Å²) in [5.74, 6) is 0.334. The van der Waals surface area contributed by atoms with Crippen LogP contribution >= 0.6 is 0 Å². The van der Waals surface area contributed by atoms with Crippen LogP contribution in [0.5, 0.6) is 0 Å². The number of hydrogen-bond acceptors (Lipinski definition) is 2. The first-order valence-electron chi connectivity index (χ1n) is 8.56. The molecule has 1 aliphatic heterocycles. The van der Waals surface area contributed by atoms with E-state index in [1.54, 1.807) is 0 Å². The van der Waals surface area contributed by atoms with Gasteiger partial charge in [-0.05, 0) is 49.7 Å². The van der Waals surface area contributed by atoms with E-state index in [0.717, 1.165) is 36.0 Å². The molecule has 124 valence electrons. The van der Waals surface area contributed by atoms with Crippen molar-refractivity contribution in [1.29, 1.82) is 0 Å². The number of rotatable bonds is 2. The van der Waals surface area contributed by atoms with Crippen LogP contribution in [-0.2, 0) is 11.3 Å². The molecule has 4 nitrogen and oxygen atoms in total. The minimum absolute atomic E-state index is 0.0388. The number of carbonyl (C=O) groups excluding carboxylic acids is 2. The van der Waals surface area contributed by atoms with Gasteiger partial charge < -0.3 is 5.32 Å². The Bertz CT molecular complexity index is 643. The quantitative estimate of drug-likeness (QED) is 0.849. The highest BCUT2D eigenvalue weighted by molar-refractivity contribution is 6.07. The summed E-state index contributed by atoms with van der Waals surface area (Å²) in [5.41, 5.74) is 2.60. The number of nitrogens with one attached hydrogen (secondary N) is 1. The zero-order valence-corrected chi connectivity index (χ0v) is 14.5. The number of imide groups is 1. The topological polar surface area (TPSA) is 49.4 Å². The lowest BCUT2D eigenvalue weighted by Gasteiger charge is -2.42. The Balaban J connectivity index is 1.91. The summed E-state index contributed by atoms with van der Waals surface area (Å²) in [6.45, 7) is 8.60. The van der Waals surface area contributed by atoms with Crippen molar-refractivity contribution < 1.29 is 9.59 Å². The molecule has 2 unspecified atom stereocenters. The number of carbonyl (C=O) groups is 2. The van der Waals surface area contributed by atoms with Crippen LogP contribution in [0.25, 0.3) is 0 Å². The molecule has 1 aliphatic carbocycles. The third kappa shape index (κ3) is 2.44. The summed E-state index contributed by atoms with van der Waals surface area (Å²) in [6, 6.07) is 5.92. The van der Waals surface area contributed by atoms with E-state index in [4.69, 9.17) is 0 Å². The predicted molar refractivity (Wildman–Crippen MR) is 89.9 cm³/mol. The highest BCUT2D eigenvalue weighted by Gasteiger charge is 2.58. The van der Waals surface area contributed by atoms with Gasteiger partial charge in [-0.1, -0.05) is 44.0 Å². The molecule has 1 aromatic rings. The number of benzene rings is 1. The van der Waals surface area contributed by atoms with Crippen molar-refractivity contribution in [2.24, 2.45) is 11.8 Å². The fraction of sp³-hybridized carbons (Fsp3) is 0.579. The molecule has 0 bridgehead atoms. The van der Waals surface area contributed by atoms with Crippen molar-refractivity contribution in [2.45, 2.75) is 59.0 Å². The minimum atomic E-state index is -0.701. The second-order valence-corrected chi connectivity index (χ2v) is 7.35. The number of amides is 3. The Labute approximate surface area is 138 Å². The molecule has 4 heteroatoms. The maximum Gasteiger partial charge on any atom is 0.325 e. The van der Waals surface area contributed by atoms with Crippen LogP contribution in [0.15, 0.2) is 18.2 Å². The lowest BCUT2D eigenvalue weighted by atomic mass is 9.67. The normalized spacial score (nSPS) is 30.9. The molecule has 3 rings (SSSR count). The third-order valence-electron chi connectivity index (χ3n) is 5.82. The Kier molecular flexibility index (Phi) is 3.95. The molecule has 0 aromatic heterocycles. The van der Waals surface area contributed by atoms with Gasteiger partial charge in [-0.3, -0.25) is 9.69 Å². The van der Waals surface area contributed by atoms with Crippen molar-refractivity contribution in [3.63, 3.8) is 0 Å². The van der Waals surface area contributed by atoms with E-state index >= 15 is 0 Å². The first kappa shape index (κ1) is 16.0. The molecule has 2 aliphatic rings. The Morgan fingerprint density at radius 2 is 1.83 bits per heavy atom. The summed E-state index contributed by atoms with van der Waals surface area (Å²) in [5, 5.41) is 3.06. The SMILES string of the molecule is Cc1ccc(C)c(CN2C(=O)NC3(C2=O)C(C)CCCC3C)c1. The second-order valence-electron chi connectivity index (χ2n) is 7.35. The second kappa shape index (κ2) is 5.66. The van der Waals surface area contributed by atoms with Crippen LogP contribution in [0.4, 0.5) is 4.79 Å². The third-order valence-corrected chi connectivity index (χ3v) is 5.82. The van der Waals surface area contributed by atoms with Crippen LogP contribution in [0, 0.1) is 25.7 Å². The number of nitrogens with zero attached hydrogens (tertiary/aromatic N) is 1. The van der Waals surface area contributed by atoms with Crippen LogP contribution in [0.2, 0.25) is 0 Å². The molecule has 1 saturated carbocycles. The van der Waals surface area contributed by atoms with Gasteiger partial charge >= 0.3 is 6.03 Å². The van der Waals surface area contributed by atoms with Crippen LogP contribution < -0.4 is 5.32 Å². The summed E-state index contributed by atoms with van der Waals surface area (Å²) in [6.07, 6.45) is 3.12. The van der Waals surface area contributed by atoms with Crippen molar-refractivity contribution in [2.75, 3.05) is 0 Å². The van der Waals surface area contributed by atoms with E-state index in [2.05, 4.69) is 31.3 Å². The highest BCUT2D eigenvalue weighted by atomic mass is 16.2. The molecule has 2 fully saturated rings. The number of hydrogen-bond donors (Lipinski definition) is 1. The molecule has 1 heterocycles. The maximum absolute atomic E-state index is 13.2. The lowest BCUT2D eigenvalue weighted by Crippen LogP contribution is -2.58. The van der Waals surface area contributed by atoms with E-state index < -0.39 is 5.54 Å². The maximum atomic E-state index is 13.2. The van der Waals surface area contributed by atoms with E-state index in [9.17, 15) is 9.59 Å². The number of urea groups is 1. The zero-order valence-electron chi connectivity index (χ0n) is 14.5. The standard InChI is InChI=1S/C19H26N2O2/c1-12-8-9-13(2)16(10-12)11-21-17(22)19(20-18(21)23)14(3)6-5-7-15(19)4/h8-10,14-15H,5-7,11H2,1-4H3,(H,20,23). The van der Waals surface area contributed by atoms with Gasteiger partial charge in [0.2, 0.25) is 0 Å². The van der Waals surface area contributed by atoms with Crippen LogP contribution in [0.3, 0.4) is 0 Å². The first-order chi connectivity index (χ1) is 10.9. The van der Waals surface area contributed by atoms with E-state index in [-0.39, 0.29) is 23.8 Å². The van der Waals surface area contributed by atoms with Crippen LogP contribution in [0.1, 0.15) is 49.8 Å². The van der Waals surface area contributed by atoms with E-state index in [0.29, 0.717) is 6.54 Å². The van der Waals surface area contributed by atoms with Crippen LogP contribution in [-0.4, -0.2) is 22.4 Å². The summed E-state index contributed by atoms with van der Waals surface area (Å²) in [4.78, 5) is 27.1. The van der Waals surface area contributed by atoms with Gasteiger partial charge in [0.1, 0.15) is 5.54 Å². The molecule has 1 spiro atoms. The lowest BCUT2D eigenvalue weighted by molar-refractivity contribution is -0.136. The van der Waals surface area contributed by atoms with Crippen molar-refractivity contribution in [3.8, 4) is 0 Å². The molecule has 2 atom stereocenters. The molecule has 3 amide bonds. The molecular weight excluding hydrogens is 288 g/mol. The molecule has 1 saturated heterocycles. The largest absolute Gasteiger partial charge is 0.325 e. The van der Waals surface area contributed by atoms with Gasteiger partial charge in [-0.2, -0.15) is 0 Å². The van der Waals surface area contributed by atoms with Gasteiger partial charge in [0.15, 0.2) is 0 Å². The monoisotopic (exact) mass is 314 g/mol. The molecule has 1 aromatic carbocycles. The molecule has 23 heavy (non-hydrogen) atoms.